The van der Waals surface area contributed by atoms with Crippen LogP contribution < -0.4 is 10.1 Å². The first-order valence-corrected chi connectivity index (χ1v) is 10.7. The highest BCUT2D eigenvalue weighted by molar-refractivity contribution is 9.10. The maximum Gasteiger partial charge on any atom is 0.241 e. The van der Waals surface area contributed by atoms with Gasteiger partial charge in [-0.15, -0.1) is 0 Å². The Bertz CT molecular complexity index is 980. The molecule has 0 spiro atoms. The number of nitrogens with zero attached hydrogens (tertiary/aromatic N) is 3. The van der Waals surface area contributed by atoms with Crippen LogP contribution in [-0.4, -0.2) is 41.1 Å². The minimum absolute atomic E-state index is 0.0162. The normalized spacial score (nSPS) is 15.1. The molecular weight excluding hydrogens is 448 g/mol. The van der Waals surface area contributed by atoms with Gasteiger partial charge in [-0.2, -0.15) is 4.98 Å². The minimum atomic E-state index is 0.0162. The van der Waals surface area contributed by atoms with Crippen LogP contribution in [0, 0.1) is 5.92 Å². The highest BCUT2D eigenvalue weighted by Gasteiger charge is 2.26. The predicted octanol–water partition coefficient (Wildman–Crippen LogP) is 4.36. The summed E-state index contributed by atoms with van der Waals surface area (Å²) in [6.07, 6.45) is 1.61. The number of carbonyl (C=O) groups is 1. The summed E-state index contributed by atoms with van der Waals surface area (Å²) in [4.78, 5) is 19.3. The Hall–Kier alpha value is -2.71. The lowest BCUT2D eigenvalue weighted by Crippen LogP contribution is -2.37. The van der Waals surface area contributed by atoms with E-state index < -0.39 is 0 Å². The molecule has 1 N–H and O–H groups in total. The topological polar surface area (TPSA) is 80.5 Å². The van der Waals surface area contributed by atoms with Gasteiger partial charge >= 0.3 is 0 Å². The number of likely N-dealkylation sites (tertiary alicyclic amines) is 1. The van der Waals surface area contributed by atoms with Gasteiger partial charge in [0.2, 0.25) is 17.6 Å². The van der Waals surface area contributed by atoms with E-state index in [1.807, 2.05) is 48.5 Å². The summed E-state index contributed by atoms with van der Waals surface area (Å²) in [5, 5.41) is 7.09. The van der Waals surface area contributed by atoms with E-state index in [0.29, 0.717) is 18.3 Å². The molecule has 0 bridgehead atoms. The quantitative estimate of drug-likeness (QED) is 0.576. The van der Waals surface area contributed by atoms with E-state index >= 15 is 0 Å². The maximum absolute atomic E-state index is 12.5. The number of halogens is 1. The van der Waals surface area contributed by atoms with Crippen LogP contribution in [0.4, 0.5) is 5.69 Å². The van der Waals surface area contributed by atoms with E-state index in [2.05, 4.69) is 36.3 Å². The number of ether oxygens (including phenoxy) is 1. The first-order valence-electron chi connectivity index (χ1n) is 9.86. The standard InChI is InChI=1S/C22H23BrN4O3/c1-29-19-8-2-15(3-9-19)21-25-20(30-26-21)14-27-12-10-16(11-13-27)22(28)24-18-6-4-17(23)5-7-18/h2-9,16H,10-14H2,1H3,(H,24,28). The Morgan fingerprint density at radius 2 is 1.87 bits per heavy atom. The molecule has 3 aromatic rings. The SMILES string of the molecule is COc1ccc(-c2noc(CN3CCC(C(=O)Nc4ccc(Br)cc4)CC3)n2)cc1. The van der Waals surface area contributed by atoms with Crippen molar-refractivity contribution in [2.75, 3.05) is 25.5 Å². The number of anilines is 1. The van der Waals surface area contributed by atoms with E-state index in [-0.39, 0.29) is 11.8 Å². The highest BCUT2D eigenvalue weighted by Crippen LogP contribution is 2.23. The Labute approximate surface area is 183 Å². The third-order valence-corrected chi connectivity index (χ3v) is 5.77. The minimum Gasteiger partial charge on any atom is -0.497 e. The van der Waals surface area contributed by atoms with Crippen LogP contribution in [0.15, 0.2) is 57.5 Å². The number of nitrogens with one attached hydrogen (secondary N) is 1. The molecule has 2 aromatic carbocycles. The molecule has 1 fully saturated rings. The number of hydrogen-bond donors (Lipinski definition) is 1. The Kier molecular flexibility index (Phi) is 6.44. The fourth-order valence-electron chi connectivity index (χ4n) is 3.50. The van der Waals surface area contributed by atoms with Gasteiger partial charge in [0.15, 0.2) is 0 Å². The monoisotopic (exact) mass is 470 g/mol. The van der Waals surface area contributed by atoms with Crippen molar-refractivity contribution in [1.82, 2.24) is 15.0 Å². The molecule has 0 aliphatic carbocycles. The summed E-state index contributed by atoms with van der Waals surface area (Å²) in [6, 6.07) is 15.2. The van der Waals surface area contributed by atoms with E-state index in [0.717, 1.165) is 47.4 Å². The first kappa shape index (κ1) is 20.6. The summed E-state index contributed by atoms with van der Waals surface area (Å²) >= 11 is 3.40. The van der Waals surface area contributed by atoms with Crippen molar-refractivity contribution in [3.63, 3.8) is 0 Å². The third kappa shape index (κ3) is 5.06. The molecule has 8 heteroatoms. The van der Waals surface area contributed by atoms with Gasteiger partial charge in [0.1, 0.15) is 5.75 Å². The average Bonchev–Trinajstić information content (AvgIpc) is 3.24. The summed E-state index contributed by atoms with van der Waals surface area (Å²) in [6.45, 7) is 2.22. The molecule has 1 aromatic heterocycles. The lowest BCUT2D eigenvalue weighted by atomic mass is 9.96. The molecule has 0 saturated carbocycles. The van der Waals surface area contributed by atoms with Crippen LogP contribution in [0.3, 0.4) is 0 Å². The van der Waals surface area contributed by atoms with Gasteiger partial charge in [-0.3, -0.25) is 9.69 Å². The van der Waals surface area contributed by atoms with Gasteiger partial charge in [-0.05, 0) is 74.5 Å². The Morgan fingerprint density at radius 1 is 1.17 bits per heavy atom. The third-order valence-electron chi connectivity index (χ3n) is 5.25. The zero-order valence-electron chi connectivity index (χ0n) is 16.7. The van der Waals surface area contributed by atoms with Crippen LogP contribution >= 0.6 is 15.9 Å². The zero-order chi connectivity index (χ0) is 20.9. The maximum atomic E-state index is 12.5. The molecule has 30 heavy (non-hydrogen) atoms. The lowest BCUT2D eigenvalue weighted by Gasteiger charge is -2.30. The van der Waals surface area contributed by atoms with Crippen molar-refractivity contribution in [3.05, 3.63) is 58.9 Å². The van der Waals surface area contributed by atoms with Crippen molar-refractivity contribution in [2.45, 2.75) is 19.4 Å². The Morgan fingerprint density at radius 3 is 2.53 bits per heavy atom. The fraction of sp³-hybridized carbons (Fsp3) is 0.318. The van der Waals surface area contributed by atoms with E-state index in [1.165, 1.54) is 0 Å². The van der Waals surface area contributed by atoms with Crippen molar-refractivity contribution in [2.24, 2.45) is 5.92 Å². The second-order valence-electron chi connectivity index (χ2n) is 7.29. The van der Waals surface area contributed by atoms with Gasteiger partial charge in [0, 0.05) is 21.6 Å². The number of amides is 1. The van der Waals surface area contributed by atoms with Gasteiger partial charge in [0.25, 0.3) is 0 Å². The summed E-state index contributed by atoms with van der Waals surface area (Å²) in [5.41, 5.74) is 1.71. The molecule has 0 atom stereocenters. The first-order chi connectivity index (χ1) is 14.6. The van der Waals surface area contributed by atoms with Crippen LogP contribution in [0.2, 0.25) is 0 Å². The zero-order valence-corrected chi connectivity index (χ0v) is 18.3. The summed E-state index contributed by atoms with van der Waals surface area (Å²) in [5.74, 6) is 2.03. The van der Waals surface area contributed by atoms with Gasteiger partial charge in [0.05, 0.1) is 13.7 Å². The number of hydrogen-bond acceptors (Lipinski definition) is 6. The molecule has 156 valence electrons. The largest absolute Gasteiger partial charge is 0.497 e. The lowest BCUT2D eigenvalue weighted by molar-refractivity contribution is -0.121. The molecule has 1 aliphatic rings. The van der Waals surface area contributed by atoms with Crippen LogP contribution in [0.1, 0.15) is 18.7 Å². The second kappa shape index (κ2) is 9.40. The molecule has 7 nitrogen and oxygen atoms in total. The number of carbonyl (C=O) groups excluding carboxylic acids is 1. The molecule has 4 rings (SSSR count). The number of methoxy groups -OCH3 is 1. The van der Waals surface area contributed by atoms with Crippen molar-refractivity contribution < 1.29 is 14.1 Å². The number of aromatic nitrogens is 2. The van der Waals surface area contributed by atoms with Crippen molar-refractivity contribution in [3.8, 4) is 17.1 Å². The van der Waals surface area contributed by atoms with E-state index in [4.69, 9.17) is 9.26 Å². The molecule has 1 saturated heterocycles. The number of benzene rings is 2. The molecule has 1 amide bonds. The number of rotatable bonds is 6. The van der Waals surface area contributed by atoms with Crippen LogP contribution in [0.25, 0.3) is 11.4 Å². The Balaban J connectivity index is 1.28. The molecule has 2 heterocycles. The highest BCUT2D eigenvalue weighted by atomic mass is 79.9. The van der Waals surface area contributed by atoms with Crippen LogP contribution in [0.5, 0.6) is 5.75 Å². The van der Waals surface area contributed by atoms with Crippen LogP contribution in [-0.2, 0) is 11.3 Å². The predicted molar refractivity (Wildman–Crippen MR) is 117 cm³/mol. The van der Waals surface area contributed by atoms with E-state index in [9.17, 15) is 4.79 Å². The van der Waals surface area contributed by atoms with E-state index in [1.54, 1.807) is 7.11 Å². The van der Waals surface area contributed by atoms with Crippen molar-refractivity contribution in [1.29, 1.82) is 0 Å². The van der Waals surface area contributed by atoms with Gasteiger partial charge < -0.3 is 14.6 Å². The molecule has 0 unspecified atom stereocenters. The molecule has 1 aliphatic heterocycles. The number of piperidine rings is 1. The fourth-order valence-corrected chi connectivity index (χ4v) is 3.76. The smallest absolute Gasteiger partial charge is 0.241 e. The summed E-state index contributed by atoms with van der Waals surface area (Å²) in [7, 11) is 1.63. The van der Waals surface area contributed by atoms with Gasteiger partial charge in [-0.25, -0.2) is 0 Å². The molecular formula is C22H23BrN4O3. The van der Waals surface area contributed by atoms with Gasteiger partial charge in [-0.1, -0.05) is 21.1 Å². The summed E-state index contributed by atoms with van der Waals surface area (Å²) < 4.78 is 11.6. The van der Waals surface area contributed by atoms with Crippen molar-refractivity contribution >= 4 is 27.5 Å². The molecule has 0 radical (unpaired) electrons. The average molecular weight is 471 g/mol. The second-order valence-corrected chi connectivity index (χ2v) is 8.20.